The number of hydrogen-bond acceptors (Lipinski definition) is 1. The Balaban J connectivity index is 1.86. The van der Waals surface area contributed by atoms with Crippen molar-refractivity contribution >= 4 is 28.5 Å². The summed E-state index contributed by atoms with van der Waals surface area (Å²) in [6.45, 7) is 0. The Hall–Kier alpha value is -1.68. The molecule has 106 valence electrons. The number of hydrogen-bond donors (Lipinski definition) is 3. The van der Waals surface area contributed by atoms with Crippen molar-refractivity contribution in [2.24, 2.45) is 5.73 Å². The third kappa shape index (κ3) is 2.61. The summed E-state index contributed by atoms with van der Waals surface area (Å²) in [4.78, 5) is 14.3. The Bertz CT molecular complexity index is 637. The van der Waals surface area contributed by atoms with Crippen LogP contribution >= 0.6 is 11.6 Å². The van der Waals surface area contributed by atoms with E-state index in [0.717, 1.165) is 36.2 Å². The molecule has 2 amide bonds. The van der Waals surface area contributed by atoms with Crippen molar-refractivity contribution in [1.29, 1.82) is 0 Å². The SMILES string of the molecule is NC(=O)NC1CCC[C@@H](c2c[nH]c3ccc(Cl)cc23)C1. The van der Waals surface area contributed by atoms with Crippen LogP contribution in [0.3, 0.4) is 0 Å². The lowest BCUT2D eigenvalue weighted by molar-refractivity contribution is 0.239. The second-order valence-electron chi connectivity index (χ2n) is 5.50. The molecule has 3 rings (SSSR count). The molecule has 1 fully saturated rings. The first-order valence-electron chi connectivity index (χ1n) is 6.96. The Morgan fingerprint density at radius 3 is 3.05 bits per heavy atom. The Labute approximate surface area is 122 Å². The molecular weight excluding hydrogens is 274 g/mol. The number of fused-ring (bicyclic) bond motifs is 1. The maximum Gasteiger partial charge on any atom is 0.312 e. The molecule has 20 heavy (non-hydrogen) atoms. The van der Waals surface area contributed by atoms with Crippen molar-refractivity contribution in [3.05, 3.63) is 35.0 Å². The highest BCUT2D eigenvalue weighted by atomic mass is 35.5. The fourth-order valence-corrected chi connectivity index (χ4v) is 3.43. The van der Waals surface area contributed by atoms with E-state index in [2.05, 4.69) is 16.5 Å². The van der Waals surface area contributed by atoms with Gasteiger partial charge in [0.15, 0.2) is 0 Å². The van der Waals surface area contributed by atoms with Crippen molar-refractivity contribution < 1.29 is 4.79 Å². The predicted molar refractivity (Wildman–Crippen MR) is 81.0 cm³/mol. The highest BCUT2D eigenvalue weighted by molar-refractivity contribution is 6.31. The number of halogens is 1. The first-order chi connectivity index (χ1) is 9.63. The number of aromatic amines is 1. The zero-order valence-electron chi connectivity index (χ0n) is 11.2. The molecule has 1 aromatic carbocycles. The average molecular weight is 292 g/mol. The smallest absolute Gasteiger partial charge is 0.312 e. The van der Waals surface area contributed by atoms with E-state index in [1.807, 2.05) is 18.2 Å². The van der Waals surface area contributed by atoms with E-state index in [1.54, 1.807) is 0 Å². The van der Waals surface area contributed by atoms with Crippen LogP contribution in [-0.4, -0.2) is 17.1 Å². The molecule has 0 radical (unpaired) electrons. The Morgan fingerprint density at radius 1 is 1.40 bits per heavy atom. The van der Waals surface area contributed by atoms with E-state index < -0.39 is 6.03 Å². The molecule has 1 aliphatic rings. The van der Waals surface area contributed by atoms with Crippen LogP contribution < -0.4 is 11.1 Å². The molecule has 0 aliphatic heterocycles. The number of H-pyrrole nitrogens is 1. The fraction of sp³-hybridized carbons (Fsp3) is 0.400. The van der Waals surface area contributed by atoms with Crippen LogP contribution in [0, 0.1) is 0 Å². The number of carbonyl (C=O) groups excluding carboxylic acids is 1. The van der Waals surface area contributed by atoms with Gasteiger partial charge in [-0.25, -0.2) is 4.79 Å². The molecule has 1 heterocycles. The van der Waals surface area contributed by atoms with Gasteiger partial charge in [0, 0.05) is 28.2 Å². The summed E-state index contributed by atoms with van der Waals surface area (Å²) < 4.78 is 0. The van der Waals surface area contributed by atoms with Gasteiger partial charge in [-0.1, -0.05) is 18.0 Å². The number of nitrogens with two attached hydrogens (primary N) is 1. The average Bonchev–Trinajstić information content (AvgIpc) is 2.81. The topological polar surface area (TPSA) is 70.9 Å². The van der Waals surface area contributed by atoms with Crippen LogP contribution in [0.5, 0.6) is 0 Å². The van der Waals surface area contributed by atoms with Crippen molar-refractivity contribution in [1.82, 2.24) is 10.3 Å². The largest absolute Gasteiger partial charge is 0.361 e. The number of nitrogens with one attached hydrogen (secondary N) is 2. The van der Waals surface area contributed by atoms with Gasteiger partial charge in [0.2, 0.25) is 0 Å². The van der Waals surface area contributed by atoms with Gasteiger partial charge in [-0.2, -0.15) is 0 Å². The molecule has 1 unspecified atom stereocenters. The molecule has 2 atom stereocenters. The summed E-state index contributed by atoms with van der Waals surface area (Å²) in [6, 6.07) is 5.65. The molecule has 2 aromatic rings. The molecule has 0 spiro atoms. The minimum absolute atomic E-state index is 0.176. The van der Waals surface area contributed by atoms with Crippen molar-refractivity contribution in [2.45, 2.75) is 37.6 Å². The van der Waals surface area contributed by atoms with Crippen molar-refractivity contribution in [2.75, 3.05) is 0 Å². The monoisotopic (exact) mass is 291 g/mol. The molecule has 4 N–H and O–H groups in total. The zero-order valence-corrected chi connectivity index (χ0v) is 11.9. The van der Waals surface area contributed by atoms with E-state index in [1.165, 1.54) is 10.9 Å². The van der Waals surface area contributed by atoms with Crippen molar-refractivity contribution in [3.8, 4) is 0 Å². The maximum absolute atomic E-state index is 11.0. The lowest BCUT2D eigenvalue weighted by Gasteiger charge is -2.29. The summed E-state index contributed by atoms with van der Waals surface area (Å²) >= 11 is 6.10. The molecular formula is C15H18ClN3O. The number of carbonyl (C=O) groups is 1. The Kier molecular flexibility index (Phi) is 3.57. The molecule has 1 aromatic heterocycles. The minimum Gasteiger partial charge on any atom is -0.361 e. The number of rotatable bonds is 2. The van der Waals surface area contributed by atoms with E-state index in [4.69, 9.17) is 17.3 Å². The highest BCUT2D eigenvalue weighted by Crippen LogP contribution is 2.37. The molecule has 5 heteroatoms. The quantitative estimate of drug-likeness (QED) is 0.778. The van der Waals surface area contributed by atoms with Gasteiger partial charge in [-0.3, -0.25) is 0 Å². The van der Waals surface area contributed by atoms with Gasteiger partial charge in [0.1, 0.15) is 0 Å². The second-order valence-corrected chi connectivity index (χ2v) is 5.94. The zero-order chi connectivity index (χ0) is 14.1. The lowest BCUT2D eigenvalue weighted by atomic mass is 9.81. The lowest BCUT2D eigenvalue weighted by Crippen LogP contribution is -2.40. The van der Waals surface area contributed by atoms with E-state index in [9.17, 15) is 4.79 Å². The van der Waals surface area contributed by atoms with Gasteiger partial charge in [-0.15, -0.1) is 0 Å². The summed E-state index contributed by atoms with van der Waals surface area (Å²) in [7, 11) is 0. The number of amides is 2. The van der Waals surface area contributed by atoms with Crippen molar-refractivity contribution in [3.63, 3.8) is 0 Å². The summed E-state index contributed by atoms with van der Waals surface area (Å²) in [6.07, 6.45) is 6.24. The number of aromatic nitrogens is 1. The summed E-state index contributed by atoms with van der Waals surface area (Å²) in [5.74, 6) is 0.438. The third-order valence-corrected chi connectivity index (χ3v) is 4.37. The summed E-state index contributed by atoms with van der Waals surface area (Å²) in [5.41, 5.74) is 7.62. The minimum atomic E-state index is -0.433. The second kappa shape index (κ2) is 5.37. The molecule has 0 saturated heterocycles. The van der Waals surface area contributed by atoms with Gasteiger partial charge >= 0.3 is 6.03 Å². The first-order valence-corrected chi connectivity index (χ1v) is 7.34. The first kappa shape index (κ1) is 13.3. The van der Waals surface area contributed by atoms with Crippen LogP contribution in [0.2, 0.25) is 5.02 Å². The van der Waals surface area contributed by atoms with Crippen LogP contribution in [0.25, 0.3) is 10.9 Å². The molecule has 1 aliphatic carbocycles. The van der Waals surface area contributed by atoms with Gasteiger partial charge in [0.25, 0.3) is 0 Å². The van der Waals surface area contributed by atoms with Crippen LogP contribution in [0.15, 0.2) is 24.4 Å². The third-order valence-electron chi connectivity index (χ3n) is 4.14. The van der Waals surface area contributed by atoms with Crippen LogP contribution in [0.4, 0.5) is 4.79 Å². The van der Waals surface area contributed by atoms with Gasteiger partial charge in [-0.05, 0) is 48.9 Å². The number of urea groups is 1. The molecule has 1 saturated carbocycles. The van der Waals surface area contributed by atoms with Crippen LogP contribution in [0.1, 0.15) is 37.2 Å². The van der Waals surface area contributed by atoms with E-state index in [0.29, 0.717) is 5.92 Å². The molecule has 0 bridgehead atoms. The predicted octanol–water partition coefficient (Wildman–Crippen LogP) is 3.52. The highest BCUT2D eigenvalue weighted by Gasteiger charge is 2.25. The normalized spacial score (nSPS) is 22.9. The van der Waals surface area contributed by atoms with E-state index in [-0.39, 0.29) is 6.04 Å². The Morgan fingerprint density at radius 2 is 2.25 bits per heavy atom. The molecule has 4 nitrogen and oxygen atoms in total. The van der Waals surface area contributed by atoms with Gasteiger partial charge in [0.05, 0.1) is 0 Å². The van der Waals surface area contributed by atoms with Gasteiger partial charge < -0.3 is 16.0 Å². The maximum atomic E-state index is 11.0. The standard InChI is InChI=1S/C15H18ClN3O/c16-10-4-5-14-12(7-10)13(8-18-14)9-2-1-3-11(6-9)19-15(17)20/h4-5,7-9,11,18H,1-3,6H2,(H3,17,19,20)/t9-,11?/m1/s1. The summed E-state index contributed by atoms with van der Waals surface area (Å²) in [5, 5.41) is 4.77. The fourth-order valence-electron chi connectivity index (χ4n) is 3.26. The van der Waals surface area contributed by atoms with E-state index >= 15 is 0 Å². The number of primary amides is 1. The van der Waals surface area contributed by atoms with Crippen LogP contribution in [-0.2, 0) is 0 Å². The number of benzene rings is 1.